The van der Waals surface area contributed by atoms with Crippen LogP contribution in [0, 0.1) is 0 Å². The summed E-state index contributed by atoms with van der Waals surface area (Å²) in [5, 5.41) is 3.74. The van der Waals surface area contributed by atoms with E-state index in [4.69, 9.17) is 4.42 Å². The van der Waals surface area contributed by atoms with E-state index in [0.29, 0.717) is 0 Å². The van der Waals surface area contributed by atoms with Crippen molar-refractivity contribution in [3.8, 4) is 11.1 Å². The lowest BCUT2D eigenvalue weighted by Crippen LogP contribution is -2.59. The van der Waals surface area contributed by atoms with Gasteiger partial charge < -0.3 is 9.32 Å². The molecule has 4 aliphatic rings. The summed E-state index contributed by atoms with van der Waals surface area (Å²) in [6, 6.07) is 48.2. The fraction of sp³-hybridized carbons (Fsp3) is 0.273. The van der Waals surface area contributed by atoms with E-state index < -0.39 is 11.0 Å². The summed E-state index contributed by atoms with van der Waals surface area (Å²) in [4.78, 5) is 2.68. The SMILES string of the molecule is CC1C2=C3C(C)(c4oc5ccccc5c41)c1c(ccc4ccccc14)N(c1ccc4c(c1)-c1ccccc1C4(C)C)C3(C)C=CC2(C)c1ccc(C(C)(C)C)cc1. The van der Waals surface area contributed by atoms with Gasteiger partial charge in [-0.3, -0.25) is 0 Å². The van der Waals surface area contributed by atoms with E-state index in [-0.39, 0.29) is 22.2 Å². The Hall–Kier alpha value is -5.60. The van der Waals surface area contributed by atoms with E-state index in [2.05, 4.69) is 207 Å². The summed E-state index contributed by atoms with van der Waals surface area (Å²) >= 11 is 0. The molecule has 2 heteroatoms. The number of hydrogen-bond donors (Lipinski definition) is 0. The molecule has 0 N–H and O–H groups in total. The van der Waals surface area contributed by atoms with Crippen molar-refractivity contribution in [2.45, 2.75) is 95.4 Å². The normalized spacial score (nSPS) is 25.3. The van der Waals surface area contributed by atoms with Gasteiger partial charge in [-0.25, -0.2) is 0 Å². The van der Waals surface area contributed by atoms with E-state index >= 15 is 0 Å². The molecule has 0 saturated heterocycles. The van der Waals surface area contributed by atoms with Gasteiger partial charge in [0.25, 0.3) is 0 Å². The third kappa shape index (κ3) is 4.26. The zero-order chi connectivity index (χ0) is 39.4. The zero-order valence-electron chi connectivity index (χ0n) is 34.7. The highest BCUT2D eigenvalue weighted by Gasteiger charge is 2.62. The lowest BCUT2D eigenvalue weighted by molar-refractivity contribution is 0.376. The van der Waals surface area contributed by atoms with Crippen LogP contribution in [0.15, 0.2) is 155 Å². The first-order valence-electron chi connectivity index (χ1n) is 20.8. The highest BCUT2D eigenvalue weighted by molar-refractivity contribution is 5.99. The average molecular weight is 742 g/mol. The average Bonchev–Trinajstić information content (AvgIpc) is 3.71. The largest absolute Gasteiger partial charge is 0.459 e. The smallest absolute Gasteiger partial charge is 0.134 e. The van der Waals surface area contributed by atoms with Crippen LogP contribution in [-0.2, 0) is 21.7 Å². The van der Waals surface area contributed by atoms with Gasteiger partial charge >= 0.3 is 0 Å². The number of benzene rings is 6. The van der Waals surface area contributed by atoms with Gasteiger partial charge in [0.05, 0.1) is 11.0 Å². The van der Waals surface area contributed by atoms with Crippen LogP contribution < -0.4 is 4.90 Å². The minimum absolute atomic E-state index is 0.0653. The molecule has 4 atom stereocenters. The second kappa shape index (κ2) is 11.1. The number of hydrogen-bond acceptors (Lipinski definition) is 2. The molecular weight excluding hydrogens is 691 g/mol. The van der Waals surface area contributed by atoms with Gasteiger partial charge in [0.1, 0.15) is 11.3 Å². The molecule has 0 radical (unpaired) electrons. The van der Waals surface area contributed by atoms with Gasteiger partial charge in [-0.15, -0.1) is 0 Å². The fourth-order valence-electron chi connectivity index (χ4n) is 12.1. The maximum atomic E-state index is 7.26. The second-order valence-electron chi connectivity index (χ2n) is 19.4. The predicted octanol–water partition coefficient (Wildman–Crippen LogP) is 14.3. The third-order valence-electron chi connectivity index (χ3n) is 14.8. The highest BCUT2D eigenvalue weighted by Crippen LogP contribution is 2.68. The van der Waals surface area contributed by atoms with Crippen molar-refractivity contribution >= 4 is 33.1 Å². The number of para-hydroxylation sites is 1. The Kier molecular flexibility index (Phi) is 6.73. The first-order valence-corrected chi connectivity index (χ1v) is 20.8. The fourth-order valence-corrected chi connectivity index (χ4v) is 12.1. The number of nitrogens with zero attached hydrogens (tertiary/aromatic N) is 1. The van der Waals surface area contributed by atoms with Gasteiger partial charge in [-0.05, 0) is 106 Å². The van der Waals surface area contributed by atoms with Crippen molar-refractivity contribution in [2.75, 3.05) is 4.90 Å². The van der Waals surface area contributed by atoms with Gasteiger partial charge in [0.15, 0.2) is 0 Å². The van der Waals surface area contributed by atoms with Crippen LogP contribution in [0.1, 0.15) is 107 Å². The minimum atomic E-state index is -0.569. The number of rotatable bonds is 2. The maximum Gasteiger partial charge on any atom is 0.134 e. The van der Waals surface area contributed by atoms with E-state index in [9.17, 15) is 0 Å². The van der Waals surface area contributed by atoms with Crippen LogP contribution in [0.4, 0.5) is 11.4 Å². The van der Waals surface area contributed by atoms with Gasteiger partial charge in [-0.2, -0.15) is 0 Å². The molecule has 0 bridgehead atoms. The lowest BCUT2D eigenvalue weighted by Gasteiger charge is -2.60. The molecule has 6 aromatic carbocycles. The van der Waals surface area contributed by atoms with Crippen molar-refractivity contribution in [3.63, 3.8) is 0 Å². The monoisotopic (exact) mass is 741 g/mol. The summed E-state index contributed by atoms with van der Waals surface area (Å²) in [7, 11) is 0. The van der Waals surface area contributed by atoms with E-state index in [1.54, 1.807) is 0 Å². The van der Waals surface area contributed by atoms with Crippen LogP contribution in [0.3, 0.4) is 0 Å². The van der Waals surface area contributed by atoms with Gasteiger partial charge in [-0.1, -0.05) is 157 Å². The number of anilines is 2. The molecule has 2 nitrogen and oxygen atoms in total. The van der Waals surface area contributed by atoms with Crippen LogP contribution in [0.25, 0.3) is 32.9 Å². The van der Waals surface area contributed by atoms with Crippen LogP contribution in [-0.4, -0.2) is 5.54 Å². The Labute approximate surface area is 337 Å². The van der Waals surface area contributed by atoms with Crippen molar-refractivity contribution < 1.29 is 4.42 Å². The summed E-state index contributed by atoms with van der Waals surface area (Å²) in [5.74, 6) is 1.19. The van der Waals surface area contributed by atoms with Crippen LogP contribution >= 0.6 is 0 Å². The molecule has 7 aromatic rings. The van der Waals surface area contributed by atoms with Crippen molar-refractivity contribution in [1.82, 2.24) is 0 Å². The summed E-state index contributed by atoms with van der Waals surface area (Å²) in [6.45, 7) is 21.5. The first kappa shape index (κ1) is 34.6. The second-order valence-corrected chi connectivity index (χ2v) is 19.4. The molecule has 0 fully saturated rings. The third-order valence-corrected chi connectivity index (χ3v) is 14.8. The molecule has 11 rings (SSSR count). The zero-order valence-corrected chi connectivity index (χ0v) is 34.7. The van der Waals surface area contributed by atoms with E-state index in [0.717, 1.165) is 11.3 Å². The summed E-state index contributed by atoms with van der Waals surface area (Å²) < 4.78 is 7.26. The van der Waals surface area contributed by atoms with Gasteiger partial charge in [0, 0.05) is 44.6 Å². The Morgan fingerprint density at radius 1 is 0.649 bits per heavy atom. The van der Waals surface area contributed by atoms with E-state index in [1.807, 2.05) is 0 Å². The maximum absolute atomic E-state index is 7.26. The molecule has 282 valence electrons. The van der Waals surface area contributed by atoms with Crippen molar-refractivity contribution in [3.05, 3.63) is 190 Å². The topological polar surface area (TPSA) is 16.4 Å². The Morgan fingerprint density at radius 3 is 2.11 bits per heavy atom. The Morgan fingerprint density at radius 2 is 1.33 bits per heavy atom. The quantitative estimate of drug-likeness (QED) is 0.164. The van der Waals surface area contributed by atoms with Crippen molar-refractivity contribution in [1.29, 1.82) is 0 Å². The number of furan rings is 1. The Bertz CT molecular complexity index is 2930. The molecule has 4 unspecified atom stereocenters. The van der Waals surface area contributed by atoms with Crippen LogP contribution in [0.2, 0.25) is 0 Å². The molecule has 0 amide bonds. The molecule has 57 heavy (non-hydrogen) atoms. The predicted molar refractivity (Wildman–Crippen MR) is 238 cm³/mol. The minimum Gasteiger partial charge on any atom is -0.459 e. The highest BCUT2D eigenvalue weighted by atomic mass is 16.3. The standard InChI is InChI=1S/C55H51NO/c1-33-46-40-19-13-15-21-45(40)57-50(46)55(9)48-38-17-11-10-16-34(38)22-29-44(48)56(37-27-28-43-41(32-37)39-18-12-14-20-42(39)52(43,5)6)54(8)31-30-53(7,47(33)49(54)55)36-25-23-35(24-26-36)51(2,3)4/h10-33H,1-9H3. The van der Waals surface area contributed by atoms with Crippen LogP contribution in [0.5, 0.6) is 0 Å². The van der Waals surface area contributed by atoms with Gasteiger partial charge in [0.2, 0.25) is 0 Å². The summed E-state index contributed by atoms with van der Waals surface area (Å²) in [6.07, 6.45) is 5.10. The number of fused-ring (bicyclic) bond motifs is 11. The molecular formula is C55H51NO. The van der Waals surface area contributed by atoms with E-state index in [1.165, 1.54) is 83.2 Å². The molecule has 2 heterocycles. The molecule has 1 aliphatic heterocycles. The Balaban J connectivity index is 1.27. The molecule has 0 spiro atoms. The van der Waals surface area contributed by atoms with Crippen molar-refractivity contribution in [2.24, 2.45) is 0 Å². The molecule has 3 aliphatic carbocycles. The number of allylic oxidation sites excluding steroid dienone is 2. The lowest BCUT2D eigenvalue weighted by atomic mass is 9.49. The molecule has 0 saturated carbocycles. The summed E-state index contributed by atoms with van der Waals surface area (Å²) in [5.41, 5.74) is 15.7. The first-order chi connectivity index (χ1) is 27.2. The molecule has 1 aromatic heterocycles.